The van der Waals surface area contributed by atoms with Crippen molar-refractivity contribution in [3.8, 4) is 45.0 Å². The summed E-state index contributed by atoms with van der Waals surface area (Å²) in [5.74, 6) is 0.702. The topological polar surface area (TPSA) is 25.8 Å². The van der Waals surface area contributed by atoms with E-state index in [4.69, 9.17) is 9.97 Å². The van der Waals surface area contributed by atoms with E-state index in [-0.39, 0.29) is 0 Å². The molecule has 0 aliphatic heterocycles. The number of benzene rings is 7. The molecule has 9 rings (SSSR count). The summed E-state index contributed by atoms with van der Waals surface area (Å²) in [5.41, 5.74) is 9.36. The van der Waals surface area contributed by atoms with Gasteiger partial charge in [-0.25, -0.2) is 9.97 Å². The van der Waals surface area contributed by atoms with E-state index >= 15 is 0 Å². The molecule has 0 atom stereocenters. The molecule has 0 amide bonds. The Bertz CT molecular complexity index is 2680. The van der Waals surface area contributed by atoms with E-state index in [1.54, 1.807) is 0 Å². The molecular formula is C46H30N2S. The normalized spacial score (nSPS) is 11.4. The Morgan fingerprint density at radius 1 is 0.449 bits per heavy atom. The van der Waals surface area contributed by atoms with Crippen molar-refractivity contribution < 1.29 is 0 Å². The second kappa shape index (κ2) is 11.8. The van der Waals surface area contributed by atoms with Gasteiger partial charge in [0.2, 0.25) is 0 Å². The van der Waals surface area contributed by atoms with Crippen molar-refractivity contribution in [2.45, 2.75) is 0 Å². The van der Waals surface area contributed by atoms with E-state index in [1.165, 1.54) is 36.3 Å². The van der Waals surface area contributed by atoms with Crippen molar-refractivity contribution in [2.24, 2.45) is 0 Å². The summed E-state index contributed by atoms with van der Waals surface area (Å²) in [5, 5.41) is 7.23. The lowest BCUT2D eigenvalue weighted by molar-refractivity contribution is 1.18. The SMILES string of the molecule is C=Cc1c(C=C)c2cc(-c3c(-c4cc(-c5ccccc5)nc(-c5ccccc5)n4)ccc4sc5ccccc5c34)ccc2c2ccccc12. The number of hydrogen-bond donors (Lipinski definition) is 0. The maximum absolute atomic E-state index is 5.28. The number of rotatable bonds is 6. The molecule has 49 heavy (non-hydrogen) atoms. The van der Waals surface area contributed by atoms with Gasteiger partial charge in [-0.1, -0.05) is 147 Å². The van der Waals surface area contributed by atoms with E-state index in [2.05, 4.69) is 134 Å². The summed E-state index contributed by atoms with van der Waals surface area (Å²) in [6, 6.07) is 51.4. The Labute approximate surface area is 289 Å². The summed E-state index contributed by atoms with van der Waals surface area (Å²) in [6.07, 6.45) is 3.93. The van der Waals surface area contributed by atoms with Gasteiger partial charge in [0.15, 0.2) is 5.82 Å². The number of aromatic nitrogens is 2. The molecular weight excluding hydrogens is 613 g/mol. The maximum atomic E-state index is 5.28. The van der Waals surface area contributed by atoms with Crippen molar-refractivity contribution >= 4 is 65.2 Å². The van der Waals surface area contributed by atoms with Gasteiger partial charge in [0.1, 0.15) is 0 Å². The van der Waals surface area contributed by atoms with Crippen LogP contribution >= 0.6 is 11.3 Å². The fourth-order valence-electron chi connectivity index (χ4n) is 7.23. The Hall–Kier alpha value is -6.16. The highest BCUT2D eigenvalue weighted by molar-refractivity contribution is 7.26. The van der Waals surface area contributed by atoms with Gasteiger partial charge in [-0.05, 0) is 62.5 Å². The van der Waals surface area contributed by atoms with Crippen LogP contribution in [0.5, 0.6) is 0 Å². The van der Waals surface area contributed by atoms with E-state index < -0.39 is 0 Å². The number of fused-ring (bicyclic) bond motifs is 6. The number of hydrogen-bond acceptors (Lipinski definition) is 3. The fraction of sp³-hybridized carbons (Fsp3) is 0. The molecule has 2 nitrogen and oxygen atoms in total. The van der Waals surface area contributed by atoms with Crippen LogP contribution in [-0.2, 0) is 0 Å². The third kappa shape index (κ3) is 4.78. The first-order valence-corrected chi connectivity index (χ1v) is 17.2. The Morgan fingerprint density at radius 2 is 1.06 bits per heavy atom. The quantitative estimate of drug-likeness (QED) is 0.169. The molecule has 0 radical (unpaired) electrons. The third-order valence-electron chi connectivity index (χ3n) is 9.45. The molecule has 0 spiro atoms. The molecule has 0 saturated heterocycles. The maximum Gasteiger partial charge on any atom is 0.160 e. The highest BCUT2D eigenvalue weighted by Gasteiger charge is 2.21. The van der Waals surface area contributed by atoms with Crippen molar-refractivity contribution in [1.29, 1.82) is 0 Å². The first-order chi connectivity index (χ1) is 24.2. The zero-order valence-corrected chi connectivity index (χ0v) is 27.5. The summed E-state index contributed by atoms with van der Waals surface area (Å²) in [6.45, 7) is 8.47. The molecule has 0 bridgehead atoms. The van der Waals surface area contributed by atoms with Crippen LogP contribution in [0.15, 0.2) is 159 Å². The monoisotopic (exact) mass is 642 g/mol. The molecule has 2 aromatic heterocycles. The Morgan fingerprint density at radius 3 is 1.82 bits per heavy atom. The van der Waals surface area contributed by atoms with Crippen LogP contribution in [-0.4, -0.2) is 9.97 Å². The second-order valence-electron chi connectivity index (χ2n) is 12.2. The fourth-order valence-corrected chi connectivity index (χ4v) is 8.34. The summed E-state index contributed by atoms with van der Waals surface area (Å²) >= 11 is 1.83. The van der Waals surface area contributed by atoms with E-state index in [0.29, 0.717) is 5.82 Å². The highest BCUT2D eigenvalue weighted by atomic mass is 32.1. The molecule has 0 aliphatic rings. The van der Waals surface area contributed by atoms with Crippen LogP contribution in [0.25, 0.3) is 98.9 Å². The number of nitrogens with zero attached hydrogens (tertiary/aromatic N) is 2. The largest absolute Gasteiger partial charge is 0.228 e. The van der Waals surface area contributed by atoms with Crippen LogP contribution in [0.2, 0.25) is 0 Å². The summed E-state index contributed by atoms with van der Waals surface area (Å²) in [7, 11) is 0. The Kier molecular flexibility index (Phi) is 7.00. The molecule has 0 saturated carbocycles. The van der Waals surface area contributed by atoms with Crippen LogP contribution in [0.4, 0.5) is 0 Å². The van der Waals surface area contributed by atoms with Gasteiger partial charge in [-0.15, -0.1) is 11.3 Å². The van der Waals surface area contributed by atoms with E-state index in [9.17, 15) is 0 Å². The average Bonchev–Trinajstić information content (AvgIpc) is 3.56. The molecule has 2 heterocycles. The zero-order chi connectivity index (χ0) is 32.9. The molecule has 3 heteroatoms. The van der Waals surface area contributed by atoms with Crippen molar-refractivity contribution in [1.82, 2.24) is 9.97 Å². The van der Waals surface area contributed by atoms with Crippen LogP contribution < -0.4 is 0 Å². The minimum absolute atomic E-state index is 0.702. The smallest absolute Gasteiger partial charge is 0.160 e. The first-order valence-electron chi connectivity index (χ1n) is 16.4. The molecule has 0 fully saturated rings. The number of thiophene rings is 1. The molecule has 0 unspecified atom stereocenters. The molecule has 7 aromatic carbocycles. The molecule has 9 aromatic rings. The van der Waals surface area contributed by atoms with Gasteiger partial charge in [-0.2, -0.15) is 0 Å². The summed E-state index contributed by atoms with van der Waals surface area (Å²) < 4.78 is 2.51. The lowest BCUT2D eigenvalue weighted by atomic mass is 9.87. The van der Waals surface area contributed by atoms with Crippen LogP contribution in [0.3, 0.4) is 0 Å². The highest BCUT2D eigenvalue weighted by Crippen LogP contribution is 2.46. The lowest BCUT2D eigenvalue weighted by Gasteiger charge is -2.17. The van der Waals surface area contributed by atoms with E-state index in [1.807, 2.05) is 47.8 Å². The minimum atomic E-state index is 0.702. The van der Waals surface area contributed by atoms with Crippen molar-refractivity contribution in [2.75, 3.05) is 0 Å². The zero-order valence-electron chi connectivity index (χ0n) is 26.7. The first kappa shape index (κ1) is 29.0. The predicted molar refractivity (Wildman–Crippen MR) is 212 cm³/mol. The molecule has 0 N–H and O–H groups in total. The van der Waals surface area contributed by atoms with Gasteiger partial charge >= 0.3 is 0 Å². The van der Waals surface area contributed by atoms with Gasteiger partial charge in [0.05, 0.1) is 11.4 Å². The minimum Gasteiger partial charge on any atom is -0.228 e. The Balaban J connectivity index is 1.40. The van der Waals surface area contributed by atoms with Gasteiger partial charge in [0.25, 0.3) is 0 Å². The standard InChI is InChI=1S/C46H30N2S/c1-3-32-33(4-2)39-27-31(23-24-36(39)35-20-12-11-19-34(32)35)44-37(25-26-43-45(44)38-21-13-14-22-42(38)49-43)41-28-40(29-15-7-5-8-16-29)47-46(48-41)30-17-9-6-10-18-30/h3-28H,1-2H2. The van der Waals surface area contributed by atoms with Gasteiger partial charge < -0.3 is 0 Å². The van der Waals surface area contributed by atoms with Crippen LogP contribution in [0, 0.1) is 0 Å². The van der Waals surface area contributed by atoms with Gasteiger partial charge in [-0.3, -0.25) is 0 Å². The third-order valence-corrected chi connectivity index (χ3v) is 10.6. The van der Waals surface area contributed by atoms with Gasteiger partial charge in [0, 0.05) is 42.4 Å². The van der Waals surface area contributed by atoms with E-state index in [0.717, 1.165) is 55.7 Å². The summed E-state index contributed by atoms with van der Waals surface area (Å²) in [4.78, 5) is 10.4. The predicted octanol–water partition coefficient (Wildman–Crippen LogP) is 13.1. The second-order valence-corrected chi connectivity index (χ2v) is 13.3. The molecule has 230 valence electrons. The van der Waals surface area contributed by atoms with Crippen molar-refractivity contribution in [3.05, 3.63) is 170 Å². The van der Waals surface area contributed by atoms with Crippen LogP contribution in [0.1, 0.15) is 11.1 Å². The average molecular weight is 643 g/mol. The van der Waals surface area contributed by atoms with Crippen molar-refractivity contribution in [3.63, 3.8) is 0 Å². The molecule has 0 aliphatic carbocycles. The lowest BCUT2D eigenvalue weighted by Crippen LogP contribution is -1.97.